The fourth-order valence-corrected chi connectivity index (χ4v) is 2.10. The van der Waals surface area contributed by atoms with Gasteiger partial charge in [-0.25, -0.2) is 0 Å². The second kappa shape index (κ2) is 5.27. The van der Waals surface area contributed by atoms with Crippen molar-refractivity contribution in [2.75, 3.05) is 0 Å². The van der Waals surface area contributed by atoms with E-state index in [9.17, 15) is 4.79 Å². The fourth-order valence-electron chi connectivity index (χ4n) is 1.65. The normalized spacial score (nSPS) is 10.5. The van der Waals surface area contributed by atoms with Crippen LogP contribution in [0, 0.1) is 6.92 Å². The van der Waals surface area contributed by atoms with E-state index in [0.29, 0.717) is 13.0 Å². The van der Waals surface area contributed by atoms with Crippen LogP contribution in [0.2, 0.25) is 0 Å². The Bertz CT molecular complexity index is 534. The Morgan fingerprint density at radius 3 is 3.00 bits per heavy atom. The molecule has 0 amide bonds. The van der Waals surface area contributed by atoms with Gasteiger partial charge in [0.1, 0.15) is 6.29 Å². The van der Waals surface area contributed by atoms with Crippen molar-refractivity contribution in [2.45, 2.75) is 19.9 Å². The monoisotopic (exact) mass is 292 g/mol. The molecule has 88 valence electrons. The minimum absolute atomic E-state index is 0.496. The van der Waals surface area contributed by atoms with E-state index in [1.807, 2.05) is 18.3 Å². The Morgan fingerprint density at radius 2 is 2.24 bits per heavy atom. The van der Waals surface area contributed by atoms with Gasteiger partial charge in [-0.15, -0.1) is 0 Å². The summed E-state index contributed by atoms with van der Waals surface area (Å²) < 4.78 is 2.82. The first-order chi connectivity index (χ1) is 8.20. The molecule has 0 aliphatic rings. The number of halogens is 1. The van der Waals surface area contributed by atoms with Crippen molar-refractivity contribution >= 4 is 22.2 Å². The first-order valence-electron chi connectivity index (χ1n) is 5.44. The molecule has 0 bridgehead atoms. The Kier molecular flexibility index (Phi) is 3.74. The van der Waals surface area contributed by atoms with Crippen LogP contribution in [0.5, 0.6) is 0 Å². The molecule has 0 radical (unpaired) electrons. The molecular formula is C13H13BrN2O. The predicted molar refractivity (Wildman–Crippen MR) is 70.8 cm³/mol. The molecule has 17 heavy (non-hydrogen) atoms. The molecule has 0 saturated heterocycles. The maximum Gasteiger partial charge on any atom is 0.121 e. The molecule has 3 nitrogen and oxygen atoms in total. The highest BCUT2D eigenvalue weighted by Gasteiger charge is 2.06. The average molecular weight is 293 g/mol. The lowest BCUT2D eigenvalue weighted by atomic mass is 10.1. The predicted octanol–water partition coefficient (Wildman–Crippen LogP) is 3.21. The smallest absolute Gasteiger partial charge is 0.121 e. The lowest BCUT2D eigenvalue weighted by Gasteiger charge is -2.02. The third kappa shape index (κ3) is 2.82. The summed E-state index contributed by atoms with van der Waals surface area (Å²) >= 11 is 3.52. The summed E-state index contributed by atoms with van der Waals surface area (Å²) in [6.07, 6.45) is 3.30. The molecule has 0 spiro atoms. The van der Waals surface area contributed by atoms with Crippen LogP contribution < -0.4 is 0 Å². The summed E-state index contributed by atoms with van der Waals surface area (Å²) in [5, 5.41) is 4.45. The van der Waals surface area contributed by atoms with Gasteiger partial charge in [-0.2, -0.15) is 5.10 Å². The lowest BCUT2D eigenvalue weighted by molar-refractivity contribution is -0.108. The summed E-state index contributed by atoms with van der Waals surface area (Å²) in [5.41, 5.74) is 3.20. The maximum absolute atomic E-state index is 10.3. The van der Waals surface area contributed by atoms with Crippen molar-refractivity contribution < 1.29 is 4.79 Å². The number of benzene rings is 1. The molecule has 0 aliphatic heterocycles. The zero-order valence-electron chi connectivity index (χ0n) is 9.56. The lowest BCUT2D eigenvalue weighted by Crippen LogP contribution is -1.99. The van der Waals surface area contributed by atoms with Gasteiger partial charge in [0.25, 0.3) is 0 Å². The van der Waals surface area contributed by atoms with Gasteiger partial charge in [0.2, 0.25) is 0 Å². The Hall–Kier alpha value is -1.42. The van der Waals surface area contributed by atoms with Crippen LogP contribution in [0.4, 0.5) is 0 Å². The number of carbonyl (C=O) groups is 1. The summed E-state index contributed by atoms with van der Waals surface area (Å²) in [7, 11) is 0. The largest absolute Gasteiger partial charge is 0.303 e. The summed E-state index contributed by atoms with van der Waals surface area (Å²) in [6, 6.07) is 8.13. The van der Waals surface area contributed by atoms with Crippen LogP contribution in [-0.2, 0) is 11.3 Å². The molecule has 2 rings (SSSR count). The number of carbonyl (C=O) groups excluding carboxylic acids is 1. The fraction of sp³-hybridized carbons (Fsp3) is 0.231. The first-order valence-corrected chi connectivity index (χ1v) is 6.23. The molecule has 2 aromatic rings. The van der Waals surface area contributed by atoms with E-state index in [4.69, 9.17) is 0 Å². The van der Waals surface area contributed by atoms with Crippen LogP contribution >= 0.6 is 15.9 Å². The van der Waals surface area contributed by atoms with Crippen molar-refractivity contribution in [3.8, 4) is 11.3 Å². The van der Waals surface area contributed by atoms with Gasteiger partial charge in [0.05, 0.1) is 5.69 Å². The highest BCUT2D eigenvalue weighted by molar-refractivity contribution is 9.10. The molecule has 0 N–H and O–H groups in total. The van der Waals surface area contributed by atoms with Crippen LogP contribution in [0.1, 0.15) is 12.0 Å². The third-order valence-electron chi connectivity index (χ3n) is 2.51. The standard InChI is InChI=1S/C13H13BrN2O/c1-10-3-4-12(14)11(9-10)13-5-7-16(15-13)6-2-8-17/h3-5,7-9H,2,6H2,1H3. The highest BCUT2D eigenvalue weighted by atomic mass is 79.9. The highest BCUT2D eigenvalue weighted by Crippen LogP contribution is 2.27. The van der Waals surface area contributed by atoms with Gasteiger partial charge in [-0.3, -0.25) is 4.68 Å². The molecule has 0 unspecified atom stereocenters. The minimum Gasteiger partial charge on any atom is -0.303 e. The van der Waals surface area contributed by atoms with E-state index in [-0.39, 0.29) is 0 Å². The van der Waals surface area contributed by atoms with Gasteiger partial charge in [-0.05, 0) is 25.1 Å². The summed E-state index contributed by atoms with van der Waals surface area (Å²) in [5.74, 6) is 0. The quantitative estimate of drug-likeness (QED) is 0.811. The minimum atomic E-state index is 0.496. The van der Waals surface area contributed by atoms with E-state index >= 15 is 0 Å². The molecule has 1 aromatic carbocycles. The molecule has 0 saturated carbocycles. The average Bonchev–Trinajstić information content (AvgIpc) is 2.78. The van der Waals surface area contributed by atoms with Gasteiger partial charge < -0.3 is 4.79 Å². The number of aldehydes is 1. The SMILES string of the molecule is Cc1ccc(Br)c(-c2ccn(CCC=O)n2)c1. The van der Waals surface area contributed by atoms with Gasteiger partial charge in [0, 0.05) is 29.2 Å². The van der Waals surface area contributed by atoms with E-state index < -0.39 is 0 Å². The van der Waals surface area contributed by atoms with Crippen molar-refractivity contribution in [3.63, 3.8) is 0 Å². The third-order valence-corrected chi connectivity index (χ3v) is 3.21. The maximum atomic E-state index is 10.3. The van der Waals surface area contributed by atoms with Crippen molar-refractivity contribution in [3.05, 3.63) is 40.5 Å². The summed E-state index contributed by atoms with van der Waals surface area (Å²) in [4.78, 5) is 10.3. The molecule has 1 heterocycles. The summed E-state index contributed by atoms with van der Waals surface area (Å²) in [6.45, 7) is 2.69. The van der Waals surface area contributed by atoms with Crippen LogP contribution in [0.15, 0.2) is 34.9 Å². The van der Waals surface area contributed by atoms with Crippen molar-refractivity contribution in [1.29, 1.82) is 0 Å². The molecule has 0 fully saturated rings. The first kappa shape index (κ1) is 12.0. The number of nitrogens with zero attached hydrogens (tertiary/aromatic N) is 2. The van der Waals surface area contributed by atoms with Gasteiger partial charge in [0.15, 0.2) is 0 Å². The van der Waals surface area contributed by atoms with Crippen molar-refractivity contribution in [2.24, 2.45) is 0 Å². The Labute approximate surface area is 109 Å². The zero-order valence-corrected chi connectivity index (χ0v) is 11.1. The van der Waals surface area contributed by atoms with Gasteiger partial charge >= 0.3 is 0 Å². The van der Waals surface area contributed by atoms with Gasteiger partial charge in [-0.1, -0.05) is 27.6 Å². The van der Waals surface area contributed by atoms with Crippen LogP contribution in [0.25, 0.3) is 11.3 Å². The van der Waals surface area contributed by atoms with Crippen LogP contribution in [-0.4, -0.2) is 16.1 Å². The topological polar surface area (TPSA) is 34.9 Å². The number of aryl methyl sites for hydroxylation is 2. The number of hydrogen-bond donors (Lipinski definition) is 0. The molecule has 0 atom stereocenters. The van der Waals surface area contributed by atoms with E-state index in [2.05, 4.69) is 40.1 Å². The number of aromatic nitrogens is 2. The van der Waals surface area contributed by atoms with Crippen LogP contribution in [0.3, 0.4) is 0 Å². The molecular weight excluding hydrogens is 280 g/mol. The second-order valence-electron chi connectivity index (χ2n) is 3.90. The Morgan fingerprint density at radius 1 is 1.41 bits per heavy atom. The number of rotatable bonds is 4. The Balaban J connectivity index is 2.30. The zero-order chi connectivity index (χ0) is 12.3. The number of hydrogen-bond acceptors (Lipinski definition) is 2. The second-order valence-corrected chi connectivity index (χ2v) is 4.76. The molecule has 0 aliphatic carbocycles. The van der Waals surface area contributed by atoms with E-state index in [0.717, 1.165) is 22.0 Å². The molecule has 1 aromatic heterocycles. The van der Waals surface area contributed by atoms with Crippen molar-refractivity contribution in [1.82, 2.24) is 9.78 Å². The van der Waals surface area contributed by atoms with E-state index in [1.54, 1.807) is 4.68 Å². The van der Waals surface area contributed by atoms with E-state index in [1.165, 1.54) is 5.56 Å². The molecule has 4 heteroatoms.